The number of rotatable bonds is 7. The zero-order valence-corrected chi connectivity index (χ0v) is 21.1. The summed E-state index contributed by atoms with van der Waals surface area (Å²) >= 11 is 6.32. The maximum atomic E-state index is 12.4. The zero-order valence-electron chi connectivity index (χ0n) is 20.3. The summed E-state index contributed by atoms with van der Waals surface area (Å²) < 4.78 is 5.26. The number of allylic oxidation sites excluding steroid dienone is 3. The molecule has 0 saturated heterocycles. The Hall–Kier alpha value is -3.17. The van der Waals surface area contributed by atoms with Gasteiger partial charge in [-0.25, -0.2) is 0 Å². The van der Waals surface area contributed by atoms with Crippen molar-refractivity contribution in [2.24, 2.45) is 0 Å². The fraction of sp³-hybridized carbons (Fsp3) is 0.290. The number of carbonyl (C=O) groups is 1. The Bertz CT molecular complexity index is 1330. The summed E-state index contributed by atoms with van der Waals surface area (Å²) in [5.74, 6) is 0.729. The smallest absolute Gasteiger partial charge is 0.220 e. The molecule has 0 N–H and O–H groups in total. The zero-order chi connectivity index (χ0) is 24.6. The molecular weight excluding hydrogens is 454 g/mol. The molecule has 1 fully saturated rings. The summed E-state index contributed by atoms with van der Waals surface area (Å²) in [5.41, 5.74) is 4.58. The van der Waals surface area contributed by atoms with E-state index in [2.05, 4.69) is 37.8 Å². The average molecular weight is 486 g/mol. The first-order valence-corrected chi connectivity index (χ1v) is 12.7. The van der Waals surface area contributed by atoms with E-state index in [4.69, 9.17) is 21.0 Å². The minimum atomic E-state index is -0.0453. The molecule has 2 aromatic heterocycles. The molecule has 35 heavy (non-hydrogen) atoms. The molecule has 3 nitrogen and oxygen atoms in total. The molecule has 3 aromatic rings. The van der Waals surface area contributed by atoms with Gasteiger partial charge >= 0.3 is 0 Å². The molecular formula is C31H32ClNO2. The molecule has 0 radical (unpaired) electrons. The van der Waals surface area contributed by atoms with Crippen molar-refractivity contribution in [3.8, 4) is 0 Å². The topological polar surface area (TPSA) is 43.1 Å². The number of hydrogen-bond acceptors (Lipinski definition) is 3. The second-order valence-corrected chi connectivity index (χ2v) is 9.56. The lowest BCUT2D eigenvalue weighted by Gasteiger charge is -2.14. The molecule has 0 amide bonds. The summed E-state index contributed by atoms with van der Waals surface area (Å²) in [6, 6.07) is 13.5. The fourth-order valence-corrected chi connectivity index (χ4v) is 5.09. The Balaban J connectivity index is 1.49. The van der Waals surface area contributed by atoms with Crippen molar-refractivity contribution in [2.75, 3.05) is 0 Å². The third-order valence-corrected chi connectivity index (χ3v) is 7.10. The third-order valence-electron chi connectivity index (χ3n) is 6.73. The first kappa shape index (κ1) is 24.9. The molecule has 0 aliphatic heterocycles. The first-order chi connectivity index (χ1) is 17.0. The molecule has 1 aliphatic carbocycles. The lowest BCUT2D eigenvalue weighted by molar-refractivity contribution is 0.102. The molecule has 2 heterocycles. The van der Waals surface area contributed by atoms with Crippen LogP contribution in [0, 0.1) is 0 Å². The van der Waals surface area contributed by atoms with Gasteiger partial charge < -0.3 is 4.42 Å². The van der Waals surface area contributed by atoms with Crippen molar-refractivity contribution in [3.63, 3.8) is 0 Å². The van der Waals surface area contributed by atoms with Gasteiger partial charge in [-0.15, -0.1) is 0 Å². The summed E-state index contributed by atoms with van der Waals surface area (Å²) in [4.78, 5) is 17.3. The van der Waals surface area contributed by atoms with Crippen LogP contribution in [0.4, 0.5) is 0 Å². The lowest BCUT2D eigenvalue weighted by atomic mass is 9.93. The Labute approximate surface area is 212 Å². The molecule has 4 rings (SSSR count). The van der Waals surface area contributed by atoms with Gasteiger partial charge in [0, 0.05) is 17.1 Å². The van der Waals surface area contributed by atoms with E-state index in [0.29, 0.717) is 11.7 Å². The van der Waals surface area contributed by atoms with Gasteiger partial charge in [0.05, 0.1) is 12.0 Å². The van der Waals surface area contributed by atoms with Crippen molar-refractivity contribution in [2.45, 2.75) is 57.8 Å². The van der Waals surface area contributed by atoms with Crippen molar-refractivity contribution < 1.29 is 9.21 Å². The first-order valence-electron chi connectivity index (χ1n) is 12.4. The van der Waals surface area contributed by atoms with E-state index >= 15 is 0 Å². The van der Waals surface area contributed by atoms with E-state index in [0.717, 1.165) is 72.0 Å². The average Bonchev–Trinajstić information content (AvgIpc) is 3.31. The summed E-state index contributed by atoms with van der Waals surface area (Å²) in [6.07, 6.45) is 16.2. The highest BCUT2D eigenvalue weighted by Gasteiger charge is 2.20. The number of furan rings is 1. The Morgan fingerprint density at radius 2 is 2.00 bits per heavy atom. The molecule has 4 heteroatoms. The van der Waals surface area contributed by atoms with Crippen molar-refractivity contribution >= 4 is 29.5 Å². The minimum Gasteiger partial charge on any atom is -0.461 e. The fourth-order valence-electron chi connectivity index (χ4n) is 4.86. The number of ketones is 1. The number of aromatic nitrogens is 1. The molecule has 0 bridgehead atoms. The van der Waals surface area contributed by atoms with Crippen molar-refractivity contribution in [1.29, 1.82) is 0 Å². The van der Waals surface area contributed by atoms with Crippen LogP contribution in [0.1, 0.15) is 73.2 Å². The van der Waals surface area contributed by atoms with Crippen LogP contribution < -0.4 is 10.4 Å². The number of nitrogens with zero attached hydrogens (tertiary/aromatic N) is 1. The van der Waals surface area contributed by atoms with E-state index in [1.807, 2.05) is 24.4 Å². The highest BCUT2D eigenvalue weighted by atomic mass is 35.5. The predicted octanol–water partition coefficient (Wildman–Crippen LogP) is 6.95. The van der Waals surface area contributed by atoms with Crippen LogP contribution in [0.2, 0.25) is 5.02 Å². The molecule has 180 valence electrons. The van der Waals surface area contributed by atoms with E-state index in [1.165, 1.54) is 10.8 Å². The maximum Gasteiger partial charge on any atom is 0.220 e. The van der Waals surface area contributed by atoms with E-state index in [-0.39, 0.29) is 5.78 Å². The van der Waals surface area contributed by atoms with Gasteiger partial charge in [0.1, 0.15) is 0 Å². The van der Waals surface area contributed by atoms with Gasteiger partial charge in [-0.2, -0.15) is 0 Å². The highest BCUT2D eigenvalue weighted by molar-refractivity contribution is 6.31. The third kappa shape index (κ3) is 6.49. The van der Waals surface area contributed by atoms with Crippen LogP contribution in [-0.4, -0.2) is 10.8 Å². The quantitative estimate of drug-likeness (QED) is 0.206. The molecule has 1 aliphatic rings. The monoisotopic (exact) mass is 485 g/mol. The van der Waals surface area contributed by atoms with Gasteiger partial charge in [-0.05, 0) is 98.2 Å². The number of carbonyl (C=O) groups excluding carboxylic acids is 1. The Morgan fingerprint density at radius 1 is 1.14 bits per heavy atom. The number of halogens is 1. The van der Waals surface area contributed by atoms with Crippen LogP contribution in [0.15, 0.2) is 83.1 Å². The molecule has 1 atom stereocenters. The number of benzene rings is 1. The number of pyridine rings is 1. The number of hydrogen-bond donors (Lipinski definition) is 0. The van der Waals surface area contributed by atoms with Crippen LogP contribution in [0.5, 0.6) is 0 Å². The van der Waals surface area contributed by atoms with Gasteiger partial charge in [0.25, 0.3) is 0 Å². The summed E-state index contributed by atoms with van der Waals surface area (Å²) in [5, 5.41) is 3.16. The molecule has 0 spiro atoms. The van der Waals surface area contributed by atoms with Gasteiger partial charge in [0.15, 0.2) is 5.76 Å². The van der Waals surface area contributed by atoms with E-state index in [1.54, 1.807) is 24.5 Å². The van der Waals surface area contributed by atoms with Crippen LogP contribution in [0.25, 0.3) is 12.2 Å². The van der Waals surface area contributed by atoms with Crippen LogP contribution in [0.3, 0.4) is 0 Å². The Morgan fingerprint density at radius 3 is 2.77 bits per heavy atom. The summed E-state index contributed by atoms with van der Waals surface area (Å²) in [6.45, 7) is 6.38. The summed E-state index contributed by atoms with van der Waals surface area (Å²) in [7, 11) is 0. The standard InChI is InChI=1S/C31H32ClNO2/c1-3-27-26(20-22(2)13-15-24-9-4-5-11-28(24)32)17-18-33-31(27)25-10-6-8-23(14-16-25)21-29(34)30-12-7-19-35-30/h3-5,7,9,11-12,17-21,25H,2,6,8,10,13-16H2,1H3. The van der Waals surface area contributed by atoms with Gasteiger partial charge in [-0.3, -0.25) is 9.78 Å². The van der Waals surface area contributed by atoms with Gasteiger partial charge in [-0.1, -0.05) is 59.7 Å². The minimum absolute atomic E-state index is 0.0453. The SMILES string of the molecule is C=C(C=c1ccnc(C2CCCC(=CC(=O)c3ccco3)CC2)c1=CC)CCc1ccccc1Cl. The van der Waals surface area contributed by atoms with E-state index in [9.17, 15) is 4.79 Å². The van der Waals surface area contributed by atoms with Crippen LogP contribution >= 0.6 is 11.6 Å². The number of aryl methyl sites for hydroxylation is 1. The second kappa shape index (κ2) is 12.0. The largest absolute Gasteiger partial charge is 0.461 e. The van der Waals surface area contributed by atoms with Crippen LogP contribution in [-0.2, 0) is 6.42 Å². The molecule has 1 unspecified atom stereocenters. The lowest BCUT2D eigenvalue weighted by Crippen LogP contribution is -2.31. The highest BCUT2D eigenvalue weighted by Crippen LogP contribution is 2.32. The van der Waals surface area contributed by atoms with Gasteiger partial charge in [0.2, 0.25) is 5.78 Å². The van der Waals surface area contributed by atoms with Crippen molar-refractivity contribution in [1.82, 2.24) is 4.98 Å². The van der Waals surface area contributed by atoms with E-state index < -0.39 is 0 Å². The maximum absolute atomic E-state index is 12.4. The predicted molar refractivity (Wildman–Crippen MR) is 144 cm³/mol. The van der Waals surface area contributed by atoms with Crippen molar-refractivity contribution in [3.05, 3.63) is 111 Å². The normalized spacial score (nSPS) is 18.6. The molecule has 1 aromatic carbocycles. The second-order valence-electron chi connectivity index (χ2n) is 9.15. The Kier molecular flexibility index (Phi) is 8.54. The molecule has 1 saturated carbocycles.